The second-order valence-electron chi connectivity index (χ2n) is 6.86. The molecule has 2 N–H and O–H groups in total. The van der Waals surface area contributed by atoms with Gasteiger partial charge in [0.15, 0.2) is 0 Å². The highest BCUT2D eigenvalue weighted by Gasteiger charge is 2.19. The molecule has 0 saturated heterocycles. The molecule has 0 atom stereocenters. The van der Waals surface area contributed by atoms with E-state index in [2.05, 4.69) is 10.6 Å². The predicted molar refractivity (Wildman–Crippen MR) is 116 cm³/mol. The van der Waals surface area contributed by atoms with Crippen LogP contribution in [-0.4, -0.2) is 5.91 Å². The van der Waals surface area contributed by atoms with Crippen molar-refractivity contribution < 1.29 is 4.79 Å². The number of amides is 1. The van der Waals surface area contributed by atoms with Gasteiger partial charge in [-0.15, -0.1) is 0 Å². The second kappa shape index (κ2) is 9.38. The fourth-order valence-electron chi connectivity index (χ4n) is 3.13. The largest absolute Gasteiger partial charge is 0.360 e. The van der Waals surface area contributed by atoms with Crippen LogP contribution < -0.4 is 10.6 Å². The summed E-state index contributed by atoms with van der Waals surface area (Å²) < 4.78 is 0. The number of aryl methyl sites for hydroxylation is 2. The van der Waals surface area contributed by atoms with Crippen molar-refractivity contribution in [3.63, 3.8) is 0 Å². The van der Waals surface area contributed by atoms with Crippen molar-refractivity contribution in [1.82, 2.24) is 5.32 Å². The molecule has 0 aromatic heterocycles. The minimum absolute atomic E-state index is 0.0156. The molecule has 0 fully saturated rings. The van der Waals surface area contributed by atoms with E-state index in [-0.39, 0.29) is 11.6 Å². The molecule has 144 valence electrons. The number of hydrogen-bond acceptors (Lipinski definition) is 3. The number of anilines is 1. The molecule has 0 unspecified atom stereocenters. The van der Waals surface area contributed by atoms with E-state index in [0.29, 0.717) is 0 Å². The smallest absolute Gasteiger partial charge is 0.264 e. The average molecular weight is 381 g/mol. The molecular weight excluding hydrogens is 358 g/mol. The molecule has 0 heterocycles. The van der Waals surface area contributed by atoms with Crippen molar-refractivity contribution in [2.24, 2.45) is 0 Å². The summed E-state index contributed by atoms with van der Waals surface area (Å²) in [6.45, 7) is 4.00. The molecule has 0 spiro atoms. The summed E-state index contributed by atoms with van der Waals surface area (Å²) in [4.78, 5) is 12.8. The Balaban J connectivity index is 1.83. The van der Waals surface area contributed by atoms with Crippen LogP contribution >= 0.6 is 0 Å². The van der Waals surface area contributed by atoms with E-state index in [9.17, 15) is 10.1 Å². The zero-order valence-corrected chi connectivity index (χ0v) is 16.5. The van der Waals surface area contributed by atoms with Gasteiger partial charge in [0.25, 0.3) is 5.91 Å². The Morgan fingerprint density at radius 1 is 0.931 bits per heavy atom. The first-order valence-corrected chi connectivity index (χ1v) is 9.43. The summed E-state index contributed by atoms with van der Waals surface area (Å²) in [5, 5.41) is 15.6. The van der Waals surface area contributed by atoms with Crippen molar-refractivity contribution in [3.8, 4) is 6.07 Å². The highest BCUT2D eigenvalue weighted by molar-refractivity contribution is 5.98. The Labute approximate surface area is 171 Å². The van der Waals surface area contributed by atoms with Gasteiger partial charge in [-0.25, -0.2) is 0 Å². The molecule has 3 rings (SSSR count). The first kappa shape index (κ1) is 19.9. The first-order valence-electron chi connectivity index (χ1n) is 9.43. The van der Waals surface area contributed by atoms with Gasteiger partial charge in [0, 0.05) is 11.9 Å². The quantitative estimate of drug-likeness (QED) is 0.465. The van der Waals surface area contributed by atoms with Crippen LogP contribution in [-0.2, 0) is 4.79 Å². The molecular formula is C25H23N3O. The molecule has 0 aliphatic rings. The van der Waals surface area contributed by atoms with Crippen molar-refractivity contribution >= 4 is 11.6 Å². The fourth-order valence-corrected chi connectivity index (χ4v) is 3.13. The molecule has 3 aromatic rings. The van der Waals surface area contributed by atoms with Crippen LogP contribution in [0.1, 0.15) is 28.3 Å². The topological polar surface area (TPSA) is 64.9 Å². The number of hydrogen-bond donors (Lipinski definition) is 2. The van der Waals surface area contributed by atoms with Gasteiger partial charge in [-0.05, 0) is 36.6 Å². The van der Waals surface area contributed by atoms with Crippen molar-refractivity contribution in [2.45, 2.75) is 19.9 Å². The third-order valence-electron chi connectivity index (χ3n) is 4.66. The normalized spacial score (nSPS) is 11.0. The van der Waals surface area contributed by atoms with Crippen molar-refractivity contribution in [3.05, 3.63) is 113 Å². The number of carbonyl (C=O) groups is 1. The van der Waals surface area contributed by atoms with Gasteiger partial charge in [0.05, 0.1) is 6.04 Å². The number of rotatable bonds is 6. The molecule has 4 nitrogen and oxygen atoms in total. The minimum Gasteiger partial charge on any atom is -0.360 e. The van der Waals surface area contributed by atoms with Gasteiger partial charge < -0.3 is 10.6 Å². The van der Waals surface area contributed by atoms with Crippen molar-refractivity contribution in [2.75, 3.05) is 5.32 Å². The highest BCUT2D eigenvalue weighted by Crippen LogP contribution is 2.22. The summed E-state index contributed by atoms with van der Waals surface area (Å²) in [7, 11) is 0. The number of nitriles is 1. The van der Waals surface area contributed by atoms with E-state index < -0.39 is 5.91 Å². The maximum absolute atomic E-state index is 12.8. The second-order valence-corrected chi connectivity index (χ2v) is 6.86. The minimum atomic E-state index is -0.428. The molecule has 1 amide bonds. The van der Waals surface area contributed by atoms with Crippen LogP contribution in [0.2, 0.25) is 0 Å². The monoisotopic (exact) mass is 381 g/mol. The van der Waals surface area contributed by atoms with E-state index in [1.807, 2.05) is 98.8 Å². The van der Waals surface area contributed by atoms with Gasteiger partial charge in [-0.3, -0.25) is 4.79 Å². The standard InChI is InChI=1S/C25H23N3O/c1-18-13-14-23(19(2)15-18)27-17-22(16-26)25(29)28-24(20-9-5-3-6-10-20)21-11-7-4-8-12-21/h3-15,17,24,27H,1-2H3,(H,28,29)/b22-17-. The lowest BCUT2D eigenvalue weighted by Crippen LogP contribution is -2.30. The van der Waals surface area contributed by atoms with Crippen LogP contribution in [0.25, 0.3) is 0 Å². The fraction of sp³-hybridized carbons (Fsp3) is 0.120. The van der Waals surface area contributed by atoms with Gasteiger partial charge in [0.1, 0.15) is 11.6 Å². The molecule has 0 aliphatic heterocycles. The van der Waals surface area contributed by atoms with Gasteiger partial charge in [-0.1, -0.05) is 78.4 Å². The third kappa shape index (κ3) is 5.12. The Kier molecular flexibility index (Phi) is 6.44. The van der Waals surface area contributed by atoms with Gasteiger partial charge in [-0.2, -0.15) is 5.26 Å². The van der Waals surface area contributed by atoms with Crippen LogP contribution in [0.15, 0.2) is 90.6 Å². The van der Waals surface area contributed by atoms with Gasteiger partial charge in [0.2, 0.25) is 0 Å². The van der Waals surface area contributed by atoms with E-state index in [0.717, 1.165) is 27.9 Å². The average Bonchev–Trinajstić information content (AvgIpc) is 2.75. The summed E-state index contributed by atoms with van der Waals surface area (Å²) in [6, 6.07) is 27.0. The van der Waals surface area contributed by atoms with Gasteiger partial charge >= 0.3 is 0 Å². The lowest BCUT2D eigenvalue weighted by molar-refractivity contribution is -0.117. The Morgan fingerprint density at radius 2 is 1.52 bits per heavy atom. The number of carbonyl (C=O) groups excluding carboxylic acids is 1. The molecule has 0 bridgehead atoms. The van der Waals surface area contributed by atoms with Crippen LogP contribution in [0.4, 0.5) is 5.69 Å². The van der Waals surface area contributed by atoms with Crippen LogP contribution in [0.5, 0.6) is 0 Å². The summed E-state index contributed by atoms with van der Waals surface area (Å²) in [6.07, 6.45) is 1.46. The zero-order valence-electron chi connectivity index (χ0n) is 16.5. The molecule has 0 saturated carbocycles. The molecule has 4 heteroatoms. The maximum atomic E-state index is 12.8. The third-order valence-corrected chi connectivity index (χ3v) is 4.66. The molecule has 3 aromatic carbocycles. The van der Waals surface area contributed by atoms with Crippen LogP contribution in [0, 0.1) is 25.2 Å². The SMILES string of the molecule is Cc1ccc(N/C=C(/C#N)C(=O)NC(c2ccccc2)c2ccccc2)c(C)c1. The zero-order chi connectivity index (χ0) is 20.6. The molecule has 0 radical (unpaired) electrons. The summed E-state index contributed by atoms with van der Waals surface area (Å²) >= 11 is 0. The highest BCUT2D eigenvalue weighted by atomic mass is 16.1. The first-order chi connectivity index (χ1) is 14.1. The van der Waals surface area contributed by atoms with Crippen molar-refractivity contribution in [1.29, 1.82) is 5.26 Å². The van der Waals surface area contributed by atoms with E-state index in [4.69, 9.17) is 0 Å². The summed E-state index contributed by atoms with van der Waals surface area (Å²) in [5.74, 6) is -0.428. The van der Waals surface area contributed by atoms with E-state index in [1.165, 1.54) is 6.20 Å². The molecule has 0 aliphatic carbocycles. The Bertz CT molecular complexity index is 1010. The maximum Gasteiger partial charge on any atom is 0.264 e. The Hall–Kier alpha value is -3.84. The lowest BCUT2D eigenvalue weighted by atomic mass is 9.98. The molecule has 29 heavy (non-hydrogen) atoms. The Morgan fingerprint density at radius 3 is 2.03 bits per heavy atom. The number of benzene rings is 3. The predicted octanol–water partition coefficient (Wildman–Crippen LogP) is 5.03. The lowest BCUT2D eigenvalue weighted by Gasteiger charge is -2.19. The number of nitrogens with one attached hydrogen (secondary N) is 2. The number of nitrogens with zero attached hydrogens (tertiary/aromatic N) is 1. The summed E-state index contributed by atoms with van der Waals surface area (Å²) in [5.41, 5.74) is 4.98. The van der Waals surface area contributed by atoms with E-state index in [1.54, 1.807) is 0 Å². The van der Waals surface area contributed by atoms with Crippen LogP contribution in [0.3, 0.4) is 0 Å². The van der Waals surface area contributed by atoms with E-state index >= 15 is 0 Å².